The minimum absolute atomic E-state index is 0.0440. The molecule has 0 radical (unpaired) electrons. The molecule has 2 amide bonds. The summed E-state index contributed by atoms with van der Waals surface area (Å²) in [5, 5.41) is 5.67. The summed E-state index contributed by atoms with van der Waals surface area (Å²) in [7, 11) is 0. The van der Waals surface area contributed by atoms with Crippen molar-refractivity contribution in [2.45, 2.75) is 32.6 Å². The lowest BCUT2D eigenvalue weighted by atomic mass is 10.0. The minimum Gasteiger partial charge on any atom is -0.484 e. The van der Waals surface area contributed by atoms with Crippen LogP contribution in [0.5, 0.6) is 5.75 Å². The lowest BCUT2D eigenvalue weighted by Gasteiger charge is -2.10. The molecular formula is C26H28N2O3. The van der Waals surface area contributed by atoms with Crippen molar-refractivity contribution < 1.29 is 14.3 Å². The van der Waals surface area contributed by atoms with Gasteiger partial charge in [-0.15, -0.1) is 0 Å². The first kappa shape index (κ1) is 22.1. The van der Waals surface area contributed by atoms with E-state index in [-0.39, 0.29) is 18.4 Å². The SMILES string of the molecule is CC(C)c1ccc(OCC(=O)Nc2ccc(NC(=O)CCc3ccccc3)cc2)cc1. The van der Waals surface area contributed by atoms with Crippen LogP contribution in [-0.4, -0.2) is 18.4 Å². The molecule has 0 saturated heterocycles. The van der Waals surface area contributed by atoms with E-state index < -0.39 is 0 Å². The highest BCUT2D eigenvalue weighted by atomic mass is 16.5. The maximum Gasteiger partial charge on any atom is 0.262 e. The fraction of sp³-hybridized carbons (Fsp3) is 0.231. The summed E-state index contributed by atoms with van der Waals surface area (Å²) in [6.07, 6.45) is 1.11. The molecule has 0 aliphatic rings. The molecule has 0 unspecified atom stereocenters. The van der Waals surface area contributed by atoms with Crippen molar-refractivity contribution in [1.82, 2.24) is 0 Å². The van der Waals surface area contributed by atoms with Crippen molar-refractivity contribution in [3.63, 3.8) is 0 Å². The minimum atomic E-state index is -0.243. The van der Waals surface area contributed by atoms with Crippen LogP contribution >= 0.6 is 0 Å². The molecule has 5 nitrogen and oxygen atoms in total. The maximum atomic E-state index is 12.1. The van der Waals surface area contributed by atoms with Crippen molar-refractivity contribution in [3.05, 3.63) is 90.0 Å². The van der Waals surface area contributed by atoms with Gasteiger partial charge >= 0.3 is 0 Å². The van der Waals surface area contributed by atoms with Gasteiger partial charge in [0.1, 0.15) is 5.75 Å². The molecule has 0 heterocycles. The molecule has 31 heavy (non-hydrogen) atoms. The van der Waals surface area contributed by atoms with E-state index in [1.807, 2.05) is 54.6 Å². The van der Waals surface area contributed by atoms with E-state index in [9.17, 15) is 9.59 Å². The van der Waals surface area contributed by atoms with Gasteiger partial charge in [0.2, 0.25) is 5.91 Å². The molecule has 0 bridgehead atoms. The summed E-state index contributed by atoms with van der Waals surface area (Å²) < 4.78 is 5.55. The molecule has 0 atom stereocenters. The summed E-state index contributed by atoms with van der Waals surface area (Å²) in [6.45, 7) is 4.19. The predicted octanol–water partition coefficient (Wildman–Crippen LogP) is 5.40. The van der Waals surface area contributed by atoms with Gasteiger partial charge in [-0.25, -0.2) is 0 Å². The van der Waals surface area contributed by atoms with Crippen LogP contribution in [0.2, 0.25) is 0 Å². The fourth-order valence-electron chi connectivity index (χ4n) is 3.06. The van der Waals surface area contributed by atoms with Crippen LogP contribution in [-0.2, 0) is 16.0 Å². The third kappa shape index (κ3) is 7.30. The van der Waals surface area contributed by atoms with E-state index >= 15 is 0 Å². The number of benzene rings is 3. The summed E-state index contributed by atoms with van der Waals surface area (Å²) in [6, 6.07) is 24.7. The quantitative estimate of drug-likeness (QED) is 0.491. The predicted molar refractivity (Wildman–Crippen MR) is 124 cm³/mol. The zero-order valence-corrected chi connectivity index (χ0v) is 17.9. The number of amides is 2. The third-order valence-electron chi connectivity index (χ3n) is 4.85. The van der Waals surface area contributed by atoms with Crippen LogP contribution in [0.3, 0.4) is 0 Å². The van der Waals surface area contributed by atoms with Gasteiger partial charge in [-0.1, -0.05) is 56.3 Å². The summed E-state index contributed by atoms with van der Waals surface area (Å²) in [5.74, 6) is 0.826. The van der Waals surface area contributed by atoms with Crippen LogP contribution in [0.25, 0.3) is 0 Å². The van der Waals surface area contributed by atoms with Crippen LogP contribution in [0.15, 0.2) is 78.9 Å². The Balaban J connectivity index is 1.42. The van der Waals surface area contributed by atoms with E-state index in [0.29, 0.717) is 35.9 Å². The van der Waals surface area contributed by atoms with Gasteiger partial charge in [0.25, 0.3) is 5.91 Å². The molecular weight excluding hydrogens is 388 g/mol. The first-order valence-electron chi connectivity index (χ1n) is 10.5. The Labute approximate surface area is 183 Å². The summed E-state index contributed by atoms with van der Waals surface area (Å²) >= 11 is 0. The standard InChI is InChI=1S/C26H28N2O3/c1-19(2)21-9-15-24(16-10-21)31-18-26(30)28-23-13-11-22(12-14-23)27-25(29)17-8-20-6-4-3-5-7-20/h3-7,9-16,19H,8,17-18H2,1-2H3,(H,27,29)(H,28,30). The number of carbonyl (C=O) groups excluding carboxylic acids is 2. The normalized spacial score (nSPS) is 10.5. The highest BCUT2D eigenvalue weighted by molar-refractivity contribution is 5.93. The first-order chi connectivity index (χ1) is 15.0. The Bertz CT molecular complexity index is 981. The molecule has 3 aromatic carbocycles. The van der Waals surface area contributed by atoms with Gasteiger partial charge in [0, 0.05) is 17.8 Å². The number of hydrogen-bond donors (Lipinski definition) is 2. The van der Waals surface area contributed by atoms with Gasteiger partial charge in [-0.2, -0.15) is 0 Å². The molecule has 0 aromatic heterocycles. The number of rotatable bonds is 9. The Hall–Kier alpha value is -3.60. The topological polar surface area (TPSA) is 67.4 Å². The number of aryl methyl sites for hydroxylation is 1. The average molecular weight is 417 g/mol. The first-order valence-corrected chi connectivity index (χ1v) is 10.5. The number of anilines is 2. The van der Waals surface area contributed by atoms with E-state index in [1.54, 1.807) is 24.3 Å². The summed E-state index contributed by atoms with van der Waals surface area (Å²) in [4.78, 5) is 24.3. The zero-order chi connectivity index (χ0) is 22.1. The second-order valence-electron chi connectivity index (χ2n) is 7.67. The monoisotopic (exact) mass is 416 g/mol. The van der Waals surface area contributed by atoms with E-state index in [4.69, 9.17) is 4.74 Å². The molecule has 160 valence electrons. The molecule has 0 aliphatic carbocycles. The second-order valence-corrected chi connectivity index (χ2v) is 7.67. The molecule has 2 N–H and O–H groups in total. The Morgan fingerprint density at radius 2 is 1.35 bits per heavy atom. The van der Waals surface area contributed by atoms with E-state index in [2.05, 4.69) is 24.5 Å². The van der Waals surface area contributed by atoms with E-state index in [1.165, 1.54) is 5.56 Å². The number of hydrogen-bond acceptors (Lipinski definition) is 3. The summed E-state index contributed by atoms with van der Waals surface area (Å²) in [5.41, 5.74) is 3.70. The van der Waals surface area contributed by atoms with Crippen molar-refractivity contribution in [1.29, 1.82) is 0 Å². The Morgan fingerprint density at radius 3 is 1.94 bits per heavy atom. The lowest BCUT2D eigenvalue weighted by molar-refractivity contribution is -0.118. The van der Waals surface area contributed by atoms with Crippen molar-refractivity contribution >= 4 is 23.2 Å². The number of ether oxygens (including phenoxy) is 1. The molecule has 0 aliphatic heterocycles. The smallest absolute Gasteiger partial charge is 0.262 e. The lowest BCUT2D eigenvalue weighted by Crippen LogP contribution is -2.20. The highest BCUT2D eigenvalue weighted by Crippen LogP contribution is 2.19. The van der Waals surface area contributed by atoms with Crippen molar-refractivity contribution in [2.24, 2.45) is 0 Å². The van der Waals surface area contributed by atoms with Crippen LogP contribution < -0.4 is 15.4 Å². The molecule has 0 saturated carbocycles. The van der Waals surface area contributed by atoms with Crippen molar-refractivity contribution in [2.75, 3.05) is 17.2 Å². The molecule has 5 heteroatoms. The van der Waals surface area contributed by atoms with Crippen LogP contribution in [0.4, 0.5) is 11.4 Å². The maximum absolute atomic E-state index is 12.1. The van der Waals surface area contributed by atoms with Gasteiger partial charge in [-0.05, 0) is 59.9 Å². The van der Waals surface area contributed by atoms with Crippen LogP contribution in [0.1, 0.15) is 37.3 Å². The molecule has 3 aromatic rings. The fourth-order valence-corrected chi connectivity index (χ4v) is 3.06. The molecule has 3 rings (SSSR count). The molecule has 0 spiro atoms. The van der Waals surface area contributed by atoms with Gasteiger partial charge < -0.3 is 15.4 Å². The Kier molecular flexibility index (Phi) is 7.82. The second kappa shape index (κ2) is 11.0. The third-order valence-corrected chi connectivity index (χ3v) is 4.85. The van der Waals surface area contributed by atoms with Crippen molar-refractivity contribution in [3.8, 4) is 5.75 Å². The van der Waals surface area contributed by atoms with Gasteiger partial charge in [-0.3, -0.25) is 9.59 Å². The molecule has 0 fully saturated rings. The Morgan fingerprint density at radius 1 is 0.774 bits per heavy atom. The number of nitrogens with one attached hydrogen (secondary N) is 2. The van der Waals surface area contributed by atoms with E-state index in [0.717, 1.165) is 5.56 Å². The average Bonchev–Trinajstić information content (AvgIpc) is 2.78. The number of carbonyl (C=O) groups is 2. The zero-order valence-electron chi connectivity index (χ0n) is 17.9. The van der Waals surface area contributed by atoms with Crippen LogP contribution in [0, 0.1) is 0 Å². The van der Waals surface area contributed by atoms with Gasteiger partial charge in [0.15, 0.2) is 6.61 Å². The highest BCUT2D eigenvalue weighted by Gasteiger charge is 2.07. The van der Waals surface area contributed by atoms with Gasteiger partial charge in [0.05, 0.1) is 0 Å². The largest absolute Gasteiger partial charge is 0.484 e.